The Morgan fingerprint density at radius 2 is 2.04 bits per heavy atom. The normalized spacial score (nSPS) is 20.4. The SMILES string of the molecule is Cc1c(C(C)NC(=O)C2CCS(=O)(=O)C2)cnn1-c1ccc(F)cc1. The van der Waals surface area contributed by atoms with Crippen LogP contribution in [0, 0.1) is 18.7 Å². The number of carbonyl (C=O) groups excluding carboxylic acids is 1. The monoisotopic (exact) mass is 365 g/mol. The number of nitrogens with one attached hydrogen (secondary N) is 1. The predicted molar refractivity (Wildman–Crippen MR) is 91.6 cm³/mol. The molecule has 2 unspecified atom stereocenters. The van der Waals surface area contributed by atoms with Crippen LogP contribution in [0.2, 0.25) is 0 Å². The number of amides is 1. The van der Waals surface area contributed by atoms with Crippen LogP contribution < -0.4 is 5.32 Å². The van der Waals surface area contributed by atoms with Gasteiger partial charge in [-0.2, -0.15) is 5.10 Å². The Kier molecular flexibility index (Phi) is 4.64. The van der Waals surface area contributed by atoms with Crippen LogP contribution in [0.15, 0.2) is 30.5 Å². The maximum atomic E-state index is 13.1. The highest BCUT2D eigenvalue weighted by molar-refractivity contribution is 7.91. The third kappa shape index (κ3) is 3.73. The van der Waals surface area contributed by atoms with Crippen molar-refractivity contribution in [3.05, 3.63) is 47.5 Å². The minimum absolute atomic E-state index is 0.0704. The molecule has 3 rings (SSSR count). The first kappa shape index (κ1) is 17.6. The molecule has 25 heavy (non-hydrogen) atoms. The van der Waals surface area contributed by atoms with Gasteiger partial charge in [-0.25, -0.2) is 17.5 Å². The van der Waals surface area contributed by atoms with Gasteiger partial charge in [0, 0.05) is 11.3 Å². The first-order valence-corrected chi connectivity index (χ1v) is 9.90. The van der Waals surface area contributed by atoms with Crippen molar-refractivity contribution in [2.45, 2.75) is 26.3 Å². The lowest BCUT2D eigenvalue weighted by molar-refractivity contribution is -0.124. The second kappa shape index (κ2) is 6.59. The molecule has 1 aromatic carbocycles. The van der Waals surface area contributed by atoms with Crippen LogP contribution in [-0.2, 0) is 14.6 Å². The third-order valence-corrected chi connectivity index (χ3v) is 6.32. The second-order valence-corrected chi connectivity index (χ2v) is 8.63. The summed E-state index contributed by atoms with van der Waals surface area (Å²) in [5, 5.41) is 7.19. The van der Waals surface area contributed by atoms with Gasteiger partial charge in [0.15, 0.2) is 9.84 Å². The van der Waals surface area contributed by atoms with Crippen LogP contribution in [0.5, 0.6) is 0 Å². The predicted octanol–water partition coefficient (Wildman–Crippen LogP) is 1.93. The molecular weight excluding hydrogens is 345 g/mol. The average molecular weight is 365 g/mol. The fourth-order valence-corrected chi connectivity index (χ4v) is 4.84. The fraction of sp³-hybridized carbons (Fsp3) is 0.412. The molecule has 0 aliphatic carbocycles. The third-order valence-electron chi connectivity index (χ3n) is 4.55. The van der Waals surface area contributed by atoms with E-state index in [-0.39, 0.29) is 29.3 Å². The Bertz CT molecular complexity index is 890. The van der Waals surface area contributed by atoms with Gasteiger partial charge >= 0.3 is 0 Å². The van der Waals surface area contributed by atoms with Crippen LogP contribution in [0.25, 0.3) is 5.69 Å². The lowest BCUT2D eigenvalue weighted by Crippen LogP contribution is -2.33. The number of carbonyl (C=O) groups is 1. The highest BCUT2D eigenvalue weighted by atomic mass is 32.2. The Morgan fingerprint density at radius 3 is 2.64 bits per heavy atom. The Hall–Kier alpha value is -2.22. The molecule has 2 aromatic rings. The van der Waals surface area contributed by atoms with E-state index in [2.05, 4.69) is 10.4 Å². The molecule has 1 saturated heterocycles. The molecule has 1 N–H and O–H groups in total. The number of halogens is 1. The van der Waals surface area contributed by atoms with Gasteiger partial charge < -0.3 is 5.32 Å². The minimum Gasteiger partial charge on any atom is -0.349 e. The smallest absolute Gasteiger partial charge is 0.224 e. The number of hydrogen-bond acceptors (Lipinski definition) is 4. The van der Waals surface area contributed by atoms with Crippen molar-refractivity contribution in [2.24, 2.45) is 5.92 Å². The zero-order valence-corrected chi connectivity index (χ0v) is 14.9. The van der Waals surface area contributed by atoms with Crippen molar-refractivity contribution in [3.63, 3.8) is 0 Å². The Morgan fingerprint density at radius 1 is 1.36 bits per heavy atom. The molecule has 8 heteroatoms. The lowest BCUT2D eigenvalue weighted by Gasteiger charge is -2.16. The highest BCUT2D eigenvalue weighted by Crippen LogP contribution is 2.23. The molecule has 2 atom stereocenters. The van der Waals surface area contributed by atoms with Crippen LogP contribution in [0.4, 0.5) is 4.39 Å². The molecule has 0 saturated carbocycles. The molecule has 1 aliphatic rings. The number of aromatic nitrogens is 2. The van der Waals surface area contributed by atoms with Gasteiger partial charge in [0.05, 0.1) is 35.3 Å². The van der Waals surface area contributed by atoms with E-state index in [1.165, 1.54) is 12.1 Å². The summed E-state index contributed by atoms with van der Waals surface area (Å²) in [5.41, 5.74) is 2.39. The molecule has 134 valence electrons. The number of benzene rings is 1. The fourth-order valence-electron chi connectivity index (χ4n) is 3.10. The summed E-state index contributed by atoms with van der Waals surface area (Å²) >= 11 is 0. The molecule has 1 aromatic heterocycles. The van der Waals surface area contributed by atoms with E-state index in [4.69, 9.17) is 0 Å². The largest absolute Gasteiger partial charge is 0.349 e. The van der Waals surface area contributed by atoms with Crippen LogP contribution in [-0.4, -0.2) is 35.6 Å². The molecule has 6 nitrogen and oxygen atoms in total. The quantitative estimate of drug-likeness (QED) is 0.898. The average Bonchev–Trinajstić information content (AvgIpc) is 3.11. The summed E-state index contributed by atoms with van der Waals surface area (Å²) in [4.78, 5) is 12.3. The molecule has 1 fully saturated rings. The van der Waals surface area contributed by atoms with E-state index >= 15 is 0 Å². The summed E-state index contributed by atoms with van der Waals surface area (Å²) in [6.07, 6.45) is 2.03. The first-order valence-electron chi connectivity index (χ1n) is 8.08. The molecule has 1 amide bonds. The van der Waals surface area contributed by atoms with E-state index in [1.54, 1.807) is 23.0 Å². The summed E-state index contributed by atoms with van der Waals surface area (Å²) in [7, 11) is -3.09. The van der Waals surface area contributed by atoms with Crippen molar-refractivity contribution >= 4 is 15.7 Å². The molecule has 1 aliphatic heterocycles. The van der Waals surface area contributed by atoms with Gasteiger partial charge in [-0.15, -0.1) is 0 Å². The zero-order chi connectivity index (χ0) is 18.2. The highest BCUT2D eigenvalue weighted by Gasteiger charge is 2.33. The first-order chi connectivity index (χ1) is 11.8. The van der Waals surface area contributed by atoms with Gasteiger partial charge in [-0.05, 0) is 44.5 Å². The van der Waals surface area contributed by atoms with Gasteiger partial charge in [0.1, 0.15) is 5.82 Å². The molecule has 0 spiro atoms. The molecule has 2 heterocycles. The van der Waals surface area contributed by atoms with Gasteiger partial charge in [-0.3, -0.25) is 4.79 Å². The number of hydrogen-bond donors (Lipinski definition) is 1. The molecule has 0 bridgehead atoms. The Balaban J connectivity index is 1.74. The van der Waals surface area contributed by atoms with Crippen molar-refractivity contribution in [2.75, 3.05) is 11.5 Å². The topological polar surface area (TPSA) is 81.1 Å². The summed E-state index contributed by atoms with van der Waals surface area (Å²) in [6, 6.07) is 5.69. The summed E-state index contributed by atoms with van der Waals surface area (Å²) in [5.74, 6) is -1.07. The van der Waals surface area contributed by atoms with Crippen molar-refractivity contribution in [1.29, 1.82) is 0 Å². The zero-order valence-electron chi connectivity index (χ0n) is 14.1. The van der Waals surface area contributed by atoms with Gasteiger partial charge in [0.25, 0.3) is 0 Å². The van der Waals surface area contributed by atoms with E-state index in [0.717, 1.165) is 16.9 Å². The molecular formula is C17H20FN3O3S. The number of sulfone groups is 1. The van der Waals surface area contributed by atoms with Gasteiger partial charge in [0.2, 0.25) is 5.91 Å². The Labute approximate surface area is 146 Å². The minimum atomic E-state index is -3.09. The second-order valence-electron chi connectivity index (χ2n) is 6.40. The van der Waals surface area contributed by atoms with Gasteiger partial charge in [-0.1, -0.05) is 0 Å². The van der Waals surface area contributed by atoms with Crippen LogP contribution in [0.1, 0.15) is 30.6 Å². The summed E-state index contributed by atoms with van der Waals surface area (Å²) in [6.45, 7) is 3.70. The van der Waals surface area contributed by atoms with E-state index in [1.807, 2.05) is 13.8 Å². The van der Waals surface area contributed by atoms with Crippen LogP contribution in [0.3, 0.4) is 0 Å². The number of rotatable bonds is 4. The van der Waals surface area contributed by atoms with E-state index in [0.29, 0.717) is 6.42 Å². The van der Waals surface area contributed by atoms with Crippen molar-refractivity contribution in [3.8, 4) is 5.69 Å². The maximum Gasteiger partial charge on any atom is 0.224 e. The molecule has 0 radical (unpaired) electrons. The van der Waals surface area contributed by atoms with Crippen LogP contribution >= 0.6 is 0 Å². The van der Waals surface area contributed by atoms with Crippen molar-refractivity contribution in [1.82, 2.24) is 15.1 Å². The standard InChI is InChI=1S/C17H20FN3O3S/c1-11(20-17(22)13-7-8-25(23,24)10-13)16-9-19-21(12(16)2)15-5-3-14(18)4-6-15/h3-6,9,11,13H,7-8,10H2,1-2H3,(H,20,22). The van der Waals surface area contributed by atoms with E-state index < -0.39 is 15.8 Å². The van der Waals surface area contributed by atoms with E-state index in [9.17, 15) is 17.6 Å². The summed E-state index contributed by atoms with van der Waals surface area (Å²) < 4.78 is 37.8. The number of nitrogens with zero attached hydrogens (tertiary/aromatic N) is 2. The van der Waals surface area contributed by atoms with Crippen molar-refractivity contribution < 1.29 is 17.6 Å². The lowest BCUT2D eigenvalue weighted by atomic mass is 10.1. The maximum absolute atomic E-state index is 13.1.